The number of aromatic nitrogens is 2. The molecule has 1 saturated carbocycles. The number of hydrogen-bond donors (Lipinski definition) is 2. The van der Waals surface area contributed by atoms with Crippen LogP contribution in [0.4, 0.5) is 5.82 Å². The molecule has 1 aromatic heterocycles. The van der Waals surface area contributed by atoms with E-state index < -0.39 is 5.97 Å². The number of nitrogens with one attached hydrogen (secondary N) is 1. The molecule has 98 valence electrons. The molecule has 1 aliphatic rings. The molecule has 1 aliphatic carbocycles. The maximum absolute atomic E-state index is 11.0. The SMILES string of the molecule is CCSC1CCC(Nc2nccnc2C(=O)O)C1. The van der Waals surface area contributed by atoms with Gasteiger partial charge in [-0.2, -0.15) is 11.8 Å². The summed E-state index contributed by atoms with van der Waals surface area (Å²) in [4.78, 5) is 18.9. The largest absolute Gasteiger partial charge is 0.476 e. The summed E-state index contributed by atoms with van der Waals surface area (Å²) in [5.74, 6) is 0.475. The second-order valence-corrected chi connectivity index (χ2v) is 5.87. The highest BCUT2D eigenvalue weighted by molar-refractivity contribution is 7.99. The molecular formula is C12H17N3O2S. The Kier molecular flexibility index (Phi) is 4.41. The normalized spacial score (nSPS) is 22.9. The lowest BCUT2D eigenvalue weighted by molar-refractivity contribution is 0.0691. The van der Waals surface area contributed by atoms with E-state index in [0.29, 0.717) is 17.1 Å². The average molecular weight is 267 g/mol. The monoisotopic (exact) mass is 267 g/mol. The van der Waals surface area contributed by atoms with Gasteiger partial charge in [0.15, 0.2) is 11.5 Å². The van der Waals surface area contributed by atoms with Gasteiger partial charge in [-0.05, 0) is 25.0 Å². The number of nitrogens with zero attached hydrogens (tertiary/aromatic N) is 2. The topological polar surface area (TPSA) is 75.1 Å². The van der Waals surface area contributed by atoms with Gasteiger partial charge in [-0.1, -0.05) is 6.92 Å². The molecule has 0 spiro atoms. The number of rotatable bonds is 5. The number of thioether (sulfide) groups is 1. The van der Waals surface area contributed by atoms with Crippen LogP contribution in [0.3, 0.4) is 0 Å². The van der Waals surface area contributed by atoms with Crippen molar-refractivity contribution in [2.75, 3.05) is 11.1 Å². The van der Waals surface area contributed by atoms with Gasteiger partial charge in [0.2, 0.25) is 0 Å². The molecule has 0 bridgehead atoms. The molecule has 5 nitrogen and oxygen atoms in total. The van der Waals surface area contributed by atoms with Crippen LogP contribution in [0.25, 0.3) is 0 Å². The van der Waals surface area contributed by atoms with Crippen LogP contribution in [-0.4, -0.2) is 38.1 Å². The summed E-state index contributed by atoms with van der Waals surface area (Å²) < 4.78 is 0. The molecular weight excluding hydrogens is 250 g/mol. The first-order valence-corrected chi connectivity index (χ1v) is 7.18. The molecule has 18 heavy (non-hydrogen) atoms. The molecule has 0 saturated heterocycles. The van der Waals surface area contributed by atoms with E-state index in [0.717, 1.165) is 18.6 Å². The molecule has 1 fully saturated rings. The van der Waals surface area contributed by atoms with Gasteiger partial charge in [-0.15, -0.1) is 0 Å². The fourth-order valence-corrected chi connectivity index (χ4v) is 3.39. The van der Waals surface area contributed by atoms with E-state index in [1.54, 1.807) is 0 Å². The maximum atomic E-state index is 11.0. The summed E-state index contributed by atoms with van der Waals surface area (Å²) in [6.07, 6.45) is 6.22. The number of carboxylic acid groups (broad SMARTS) is 1. The highest BCUT2D eigenvalue weighted by Crippen LogP contribution is 2.31. The van der Waals surface area contributed by atoms with Gasteiger partial charge >= 0.3 is 5.97 Å². The first-order valence-electron chi connectivity index (χ1n) is 6.13. The number of aromatic carboxylic acids is 1. The molecule has 1 heterocycles. The van der Waals surface area contributed by atoms with Crippen molar-refractivity contribution < 1.29 is 9.90 Å². The van der Waals surface area contributed by atoms with Crippen molar-refractivity contribution >= 4 is 23.5 Å². The van der Waals surface area contributed by atoms with Gasteiger partial charge in [0.1, 0.15) is 0 Å². The fourth-order valence-electron chi connectivity index (χ4n) is 2.25. The van der Waals surface area contributed by atoms with Crippen molar-refractivity contribution in [3.63, 3.8) is 0 Å². The summed E-state index contributed by atoms with van der Waals surface area (Å²) in [5, 5.41) is 12.9. The third kappa shape index (κ3) is 3.13. The van der Waals surface area contributed by atoms with Crippen molar-refractivity contribution in [1.82, 2.24) is 9.97 Å². The van der Waals surface area contributed by atoms with Crippen molar-refractivity contribution in [2.45, 2.75) is 37.5 Å². The average Bonchev–Trinajstić information content (AvgIpc) is 2.77. The smallest absolute Gasteiger partial charge is 0.358 e. The lowest BCUT2D eigenvalue weighted by atomic mass is 10.2. The summed E-state index contributed by atoms with van der Waals surface area (Å²) in [5.41, 5.74) is 0.00379. The Morgan fingerprint density at radius 3 is 3.00 bits per heavy atom. The quantitative estimate of drug-likeness (QED) is 0.852. The minimum Gasteiger partial charge on any atom is -0.476 e. The zero-order chi connectivity index (χ0) is 13.0. The Labute approximate surface area is 110 Å². The Bertz CT molecular complexity index is 428. The summed E-state index contributed by atoms with van der Waals surface area (Å²) >= 11 is 1.97. The summed E-state index contributed by atoms with van der Waals surface area (Å²) in [7, 11) is 0. The number of anilines is 1. The number of hydrogen-bond acceptors (Lipinski definition) is 5. The second kappa shape index (κ2) is 6.04. The van der Waals surface area contributed by atoms with Gasteiger partial charge in [-0.25, -0.2) is 14.8 Å². The van der Waals surface area contributed by atoms with Crippen LogP contribution in [0.1, 0.15) is 36.7 Å². The van der Waals surface area contributed by atoms with Crippen LogP contribution in [0, 0.1) is 0 Å². The van der Waals surface area contributed by atoms with Gasteiger partial charge < -0.3 is 10.4 Å². The van der Waals surface area contributed by atoms with Crippen LogP contribution in [-0.2, 0) is 0 Å². The molecule has 2 atom stereocenters. The molecule has 2 unspecified atom stereocenters. The lowest BCUT2D eigenvalue weighted by Crippen LogP contribution is -2.20. The molecule has 2 N–H and O–H groups in total. The predicted molar refractivity (Wildman–Crippen MR) is 72.2 cm³/mol. The number of carbonyl (C=O) groups is 1. The van der Waals surface area contributed by atoms with E-state index in [1.165, 1.54) is 18.8 Å². The Hall–Kier alpha value is -1.30. The van der Waals surface area contributed by atoms with Gasteiger partial charge in [0.05, 0.1) is 0 Å². The van der Waals surface area contributed by atoms with Crippen LogP contribution in [0.5, 0.6) is 0 Å². The maximum Gasteiger partial charge on any atom is 0.358 e. The third-order valence-electron chi connectivity index (χ3n) is 3.03. The second-order valence-electron chi connectivity index (χ2n) is 4.29. The fraction of sp³-hybridized carbons (Fsp3) is 0.583. The van der Waals surface area contributed by atoms with Crippen LogP contribution in [0.15, 0.2) is 12.4 Å². The lowest BCUT2D eigenvalue weighted by Gasteiger charge is -2.14. The van der Waals surface area contributed by atoms with Crippen LogP contribution >= 0.6 is 11.8 Å². The van der Waals surface area contributed by atoms with E-state index in [2.05, 4.69) is 22.2 Å². The molecule has 0 aromatic carbocycles. The molecule has 0 radical (unpaired) electrons. The minimum atomic E-state index is -1.04. The Morgan fingerprint density at radius 2 is 2.28 bits per heavy atom. The predicted octanol–water partition coefficient (Wildman–Crippen LogP) is 2.26. The van der Waals surface area contributed by atoms with Crippen LogP contribution < -0.4 is 5.32 Å². The zero-order valence-corrected chi connectivity index (χ0v) is 11.1. The molecule has 0 aliphatic heterocycles. The standard InChI is InChI=1S/C12H17N3O2S/c1-2-18-9-4-3-8(7-9)15-11-10(12(16)17)13-5-6-14-11/h5-6,8-9H,2-4,7H2,1H3,(H,14,15)(H,16,17). The summed E-state index contributed by atoms with van der Waals surface area (Å²) in [6, 6.07) is 0.309. The molecule has 2 rings (SSSR count). The third-order valence-corrected chi connectivity index (χ3v) is 4.26. The van der Waals surface area contributed by atoms with Crippen molar-refractivity contribution in [1.29, 1.82) is 0 Å². The highest BCUT2D eigenvalue weighted by atomic mass is 32.2. The van der Waals surface area contributed by atoms with E-state index in [4.69, 9.17) is 5.11 Å². The van der Waals surface area contributed by atoms with E-state index in [1.807, 2.05) is 11.8 Å². The van der Waals surface area contributed by atoms with E-state index in [-0.39, 0.29) is 5.69 Å². The van der Waals surface area contributed by atoms with Crippen molar-refractivity contribution in [3.8, 4) is 0 Å². The highest BCUT2D eigenvalue weighted by Gasteiger charge is 2.26. The van der Waals surface area contributed by atoms with Crippen LogP contribution in [0.2, 0.25) is 0 Å². The van der Waals surface area contributed by atoms with Crippen molar-refractivity contribution in [2.24, 2.45) is 0 Å². The molecule has 1 aromatic rings. The number of carboxylic acids is 1. The Morgan fingerprint density at radius 1 is 1.50 bits per heavy atom. The van der Waals surface area contributed by atoms with E-state index in [9.17, 15) is 4.79 Å². The van der Waals surface area contributed by atoms with Crippen molar-refractivity contribution in [3.05, 3.63) is 18.1 Å². The molecule has 6 heteroatoms. The first kappa shape index (κ1) is 13.1. The zero-order valence-electron chi connectivity index (χ0n) is 10.3. The minimum absolute atomic E-state index is 0.00379. The first-order chi connectivity index (χ1) is 8.70. The van der Waals surface area contributed by atoms with E-state index >= 15 is 0 Å². The summed E-state index contributed by atoms with van der Waals surface area (Å²) in [6.45, 7) is 2.16. The van der Waals surface area contributed by atoms with Gasteiger partial charge in [0.25, 0.3) is 0 Å². The molecule has 0 amide bonds. The van der Waals surface area contributed by atoms with Gasteiger partial charge in [0, 0.05) is 23.7 Å². The van der Waals surface area contributed by atoms with Gasteiger partial charge in [-0.3, -0.25) is 0 Å². The Balaban J connectivity index is 2.00.